The van der Waals surface area contributed by atoms with E-state index in [0.717, 1.165) is 5.69 Å². The molecule has 0 saturated carbocycles. The molecule has 1 atom stereocenters. The summed E-state index contributed by atoms with van der Waals surface area (Å²) in [4.78, 5) is 0. The summed E-state index contributed by atoms with van der Waals surface area (Å²) < 4.78 is 12.5. The average Bonchev–Trinajstić information content (AvgIpc) is 2.97. The highest BCUT2D eigenvalue weighted by molar-refractivity contribution is 6.28. The summed E-state index contributed by atoms with van der Waals surface area (Å²) in [5, 5.41) is 4.54. The summed E-state index contributed by atoms with van der Waals surface area (Å²) in [5.41, 5.74) is 3.49. The molecule has 0 aromatic carbocycles. The summed E-state index contributed by atoms with van der Waals surface area (Å²) in [6.07, 6.45) is 1.65. The summed E-state index contributed by atoms with van der Waals surface area (Å²) in [6.45, 7) is 2.68. The van der Waals surface area contributed by atoms with Gasteiger partial charge in [-0.25, -0.2) is 5.43 Å². The first-order valence-electron chi connectivity index (χ1n) is 5.52. The van der Waals surface area contributed by atoms with Crippen LogP contribution < -0.4 is 16.0 Å². The zero-order chi connectivity index (χ0) is 13.1. The minimum Gasteiger partial charge on any atom is -0.493 e. The van der Waals surface area contributed by atoms with Gasteiger partial charge in [0.05, 0.1) is 13.3 Å². The van der Waals surface area contributed by atoms with E-state index in [4.69, 9.17) is 26.6 Å². The van der Waals surface area contributed by atoms with Gasteiger partial charge >= 0.3 is 0 Å². The third kappa shape index (κ3) is 2.22. The average molecular weight is 271 g/mol. The second kappa shape index (κ2) is 5.43. The molecular weight excluding hydrogens is 256 g/mol. The van der Waals surface area contributed by atoms with E-state index in [1.165, 1.54) is 0 Å². The van der Waals surface area contributed by atoms with Crippen LogP contribution in [0.2, 0.25) is 5.22 Å². The van der Waals surface area contributed by atoms with Crippen molar-refractivity contribution in [3.63, 3.8) is 0 Å². The van der Waals surface area contributed by atoms with Crippen LogP contribution in [0.5, 0.6) is 5.75 Å². The molecule has 2 heterocycles. The van der Waals surface area contributed by atoms with Crippen LogP contribution in [-0.4, -0.2) is 16.9 Å². The van der Waals surface area contributed by atoms with Crippen molar-refractivity contribution in [2.75, 3.05) is 7.11 Å². The van der Waals surface area contributed by atoms with Crippen molar-refractivity contribution in [3.8, 4) is 5.75 Å². The van der Waals surface area contributed by atoms with Crippen LogP contribution in [0.15, 0.2) is 22.7 Å². The van der Waals surface area contributed by atoms with Gasteiger partial charge in [0, 0.05) is 6.54 Å². The number of hydrazine groups is 1. The van der Waals surface area contributed by atoms with Gasteiger partial charge in [0.2, 0.25) is 0 Å². The van der Waals surface area contributed by atoms with Gasteiger partial charge in [-0.2, -0.15) is 5.10 Å². The molecule has 3 N–H and O–H groups in total. The Bertz CT molecular complexity index is 501. The number of nitrogens with one attached hydrogen (secondary N) is 1. The Balaban J connectivity index is 2.46. The molecule has 0 amide bonds. The molecule has 2 aromatic rings. The van der Waals surface area contributed by atoms with Gasteiger partial charge in [0.25, 0.3) is 0 Å². The topological polar surface area (TPSA) is 78.2 Å². The van der Waals surface area contributed by atoms with Crippen molar-refractivity contribution in [2.45, 2.75) is 19.5 Å². The number of ether oxygens (including phenoxy) is 1. The molecule has 0 spiro atoms. The van der Waals surface area contributed by atoms with E-state index in [1.807, 2.05) is 6.92 Å². The SMILES string of the molecule is CCn1ncc(OC)c1C(NN)c1ccc(Cl)o1. The highest BCUT2D eigenvalue weighted by atomic mass is 35.5. The van der Waals surface area contributed by atoms with Crippen LogP contribution in [0.4, 0.5) is 0 Å². The molecule has 2 rings (SSSR count). The number of hydrogen-bond acceptors (Lipinski definition) is 5. The number of furan rings is 1. The lowest BCUT2D eigenvalue weighted by molar-refractivity contribution is 0.384. The highest BCUT2D eigenvalue weighted by Gasteiger charge is 2.24. The molecule has 0 aliphatic heterocycles. The van der Waals surface area contributed by atoms with Crippen molar-refractivity contribution in [1.29, 1.82) is 0 Å². The Morgan fingerprint density at radius 2 is 2.39 bits per heavy atom. The van der Waals surface area contributed by atoms with E-state index in [0.29, 0.717) is 23.3 Å². The predicted octanol–water partition coefficient (Wildman–Crippen LogP) is 1.71. The Morgan fingerprint density at radius 1 is 1.61 bits per heavy atom. The van der Waals surface area contributed by atoms with Crippen molar-refractivity contribution >= 4 is 11.6 Å². The first-order chi connectivity index (χ1) is 8.71. The lowest BCUT2D eigenvalue weighted by Gasteiger charge is -2.16. The lowest BCUT2D eigenvalue weighted by Crippen LogP contribution is -2.30. The maximum Gasteiger partial charge on any atom is 0.193 e. The molecule has 0 saturated heterocycles. The molecular formula is C11H15ClN4O2. The minimum absolute atomic E-state index is 0.312. The van der Waals surface area contributed by atoms with Crippen LogP contribution in [0.25, 0.3) is 0 Å². The van der Waals surface area contributed by atoms with E-state index >= 15 is 0 Å². The smallest absolute Gasteiger partial charge is 0.193 e. The summed E-state index contributed by atoms with van der Waals surface area (Å²) in [5.74, 6) is 6.86. The quantitative estimate of drug-likeness (QED) is 0.639. The fourth-order valence-electron chi connectivity index (χ4n) is 1.86. The number of nitrogens with two attached hydrogens (primary N) is 1. The minimum atomic E-state index is -0.366. The molecule has 0 radical (unpaired) electrons. The first kappa shape index (κ1) is 12.9. The maximum absolute atomic E-state index is 5.78. The summed E-state index contributed by atoms with van der Waals surface area (Å²) in [6, 6.07) is 3.06. The van der Waals surface area contributed by atoms with Gasteiger partial charge in [-0.05, 0) is 30.7 Å². The lowest BCUT2D eigenvalue weighted by atomic mass is 10.1. The van der Waals surface area contributed by atoms with Crippen LogP contribution >= 0.6 is 11.6 Å². The van der Waals surface area contributed by atoms with Crippen molar-refractivity contribution in [1.82, 2.24) is 15.2 Å². The number of aromatic nitrogens is 2. The second-order valence-corrected chi connectivity index (χ2v) is 4.03. The Kier molecular flexibility index (Phi) is 3.90. The zero-order valence-corrected chi connectivity index (χ0v) is 10.9. The van der Waals surface area contributed by atoms with E-state index in [-0.39, 0.29) is 6.04 Å². The van der Waals surface area contributed by atoms with Crippen LogP contribution in [0.3, 0.4) is 0 Å². The van der Waals surface area contributed by atoms with Gasteiger partial charge < -0.3 is 9.15 Å². The Morgan fingerprint density at radius 3 is 2.89 bits per heavy atom. The zero-order valence-electron chi connectivity index (χ0n) is 10.2. The molecule has 18 heavy (non-hydrogen) atoms. The molecule has 0 aliphatic carbocycles. The van der Waals surface area contributed by atoms with Crippen molar-refractivity contribution in [2.24, 2.45) is 5.84 Å². The molecule has 7 heteroatoms. The van der Waals surface area contributed by atoms with Gasteiger partial charge in [-0.15, -0.1) is 0 Å². The molecule has 1 unspecified atom stereocenters. The van der Waals surface area contributed by atoms with E-state index in [2.05, 4.69) is 10.5 Å². The number of hydrogen-bond donors (Lipinski definition) is 2. The van der Waals surface area contributed by atoms with Crippen LogP contribution in [-0.2, 0) is 6.54 Å². The molecule has 0 bridgehead atoms. The molecule has 0 fully saturated rings. The molecule has 0 aliphatic rings. The summed E-state index contributed by atoms with van der Waals surface area (Å²) >= 11 is 5.78. The van der Waals surface area contributed by atoms with Crippen LogP contribution in [0.1, 0.15) is 24.4 Å². The maximum atomic E-state index is 5.78. The third-order valence-electron chi connectivity index (χ3n) is 2.68. The standard InChI is InChI=1S/C11H15ClN4O2/c1-3-16-11(8(17-2)6-14-16)10(15-13)7-4-5-9(12)18-7/h4-6,10,15H,3,13H2,1-2H3. The molecule has 98 valence electrons. The van der Waals surface area contributed by atoms with E-state index in [9.17, 15) is 0 Å². The van der Waals surface area contributed by atoms with Gasteiger partial charge in [-0.1, -0.05) is 0 Å². The fraction of sp³-hybridized carbons (Fsp3) is 0.364. The number of nitrogens with zero attached hydrogens (tertiary/aromatic N) is 2. The fourth-order valence-corrected chi connectivity index (χ4v) is 2.01. The van der Waals surface area contributed by atoms with Crippen molar-refractivity contribution < 1.29 is 9.15 Å². The highest BCUT2D eigenvalue weighted by Crippen LogP contribution is 2.31. The van der Waals surface area contributed by atoms with Gasteiger partial charge in [-0.3, -0.25) is 10.5 Å². The Labute approximate surface area is 110 Å². The van der Waals surface area contributed by atoms with E-state index < -0.39 is 0 Å². The molecule has 2 aromatic heterocycles. The van der Waals surface area contributed by atoms with Crippen LogP contribution in [0, 0.1) is 0 Å². The monoisotopic (exact) mass is 270 g/mol. The number of halogens is 1. The third-order valence-corrected chi connectivity index (χ3v) is 2.89. The number of methoxy groups -OCH3 is 1. The normalized spacial score (nSPS) is 12.7. The van der Waals surface area contributed by atoms with Gasteiger partial charge in [0.15, 0.2) is 11.0 Å². The second-order valence-electron chi connectivity index (χ2n) is 3.66. The van der Waals surface area contributed by atoms with Gasteiger partial charge in [0.1, 0.15) is 17.5 Å². The van der Waals surface area contributed by atoms with Crippen molar-refractivity contribution in [3.05, 3.63) is 35.0 Å². The largest absolute Gasteiger partial charge is 0.493 e. The Hall–Kier alpha value is -1.50. The summed E-state index contributed by atoms with van der Waals surface area (Å²) in [7, 11) is 1.59. The molecule has 6 nitrogen and oxygen atoms in total. The number of aryl methyl sites for hydroxylation is 1. The van der Waals surface area contributed by atoms with E-state index in [1.54, 1.807) is 30.1 Å². The predicted molar refractivity (Wildman–Crippen MR) is 67.3 cm³/mol. The number of rotatable bonds is 5. The first-order valence-corrected chi connectivity index (χ1v) is 5.90.